The molecule has 4 heteroatoms. The fraction of sp³-hybridized carbons (Fsp3) is 0.364. The van der Waals surface area contributed by atoms with E-state index in [-0.39, 0.29) is 10.9 Å². The fourth-order valence-electron chi connectivity index (χ4n) is 1.78. The summed E-state index contributed by atoms with van der Waals surface area (Å²) in [6.07, 6.45) is 1.76. The van der Waals surface area contributed by atoms with E-state index in [1.165, 1.54) is 12.1 Å². The third kappa shape index (κ3) is 1.97. The summed E-state index contributed by atoms with van der Waals surface area (Å²) in [6, 6.07) is 4.31. The number of benzene rings is 1. The van der Waals surface area contributed by atoms with Gasteiger partial charge in [-0.15, -0.1) is 0 Å². The molecule has 15 heavy (non-hydrogen) atoms. The lowest BCUT2D eigenvalue weighted by atomic mass is 9.94. The number of aliphatic carboxylic acids is 1. The molecule has 1 aromatic carbocycles. The van der Waals surface area contributed by atoms with Crippen molar-refractivity contribution in [1.29, 1.82) is 0 Å². The molecular weight excluding hydrogens is 219 g/mol. The minimum Gasteiger partial charge on any atom is -0.481 e. The number of rotatable bonds is 3. The zero-order valence-corrected chi connectivity index (χ0v) is 8.67. The van der Waals surface area contributed by atoms with Gasteiger partial charge in [-0.2, -0.15) is 0 Å². The molecule has 1 atom stereocenters. The molecule has 0 amide bonds. The molecule has 1 unspecified atom stereocenters. The number of hydrogen-bond acceptors (Lipinski definition) is 1. The van der Waals surface area contributed by atoms with Crippen LogP contribution in [0.5, 0.6) is 0 Å². The van der Waals surface area contributed by atoms with Gasteiger partial charge in [0.25, 0.3) is 0 Å². The molecular formula is C11H10ClFO2. The molecule has 1 N–H and O–H groups in total. The quantitative estimate of drug-likeness (QED) is 0.863. The molecule has 2 nitrogen and oxygen atoms in total. The summed E-state index contributed by atoms with van der Waals surface area (Å²) >= 11 is 5.77. The van der Waals surface area contributed by atoms with E-state index in [2.05, 4.69) is 0 Å². The molecule has 0 heterocycles. The first-order valence-electron chi connectivity index (χ1n) is 4.78. The van der Waals surface area contributed by atoms with Crippen LogP contribution < -0.4 is 0 Å². The standard InChI is InChI=1S/C11H10ClFO2/c12-10-7(2-1-3-8(10)13)9(11(14)15)6-4-5-6/h1-3,6,9H,4-5H2,(H,14,15). The van der Waals surface area contributed by atoms with Gasteiger partial charge in [-0.3, -0.25) is 4.79 Å². The number of halogens is 2. The smallest absolute Gasteiger partial charge is 0.311 e. The Bertz CT molecular complexity index is 402. The number of carboxylic acids is 1. The van der Waals surface area contributed by atoms with Crippen LogP contribution in [0, 0.1) is 11.7 Å². The first-order valence-corrected chi connectivity index (χ1v) is 5.15. The van der Waals surface area contributed by atoms with E-state index < -0.39 is 17.7 Å². The van der Waals surface area contributed by atoms with Crippen LogP contribution in [0.1, 0.15) is 24.3 Å². The lowest BCUT2D eigenvalue weighted by Gasteiger charge is -2.13. The van der Waals surface area contributed by atoms with E-state index in [9.17, 15) is 9.18 Å². The van der Waals surface area contributed by atoms with Gasteiger partial charge in [0.05, 0.1) is 10.9 Å². The van der Waals surface area contributed by atoms with E-state index in [0.717, 1.165) is 12.8 Å². The molecule has 1 saturated carbocycles. The molecule has 1 aliphatic carbocycles. The summed E-state index contributed by atoms with van der Waals surface area (Å²) in [5, 5.41) is 9.01. The molecule has 0 aliphatic heterocycles. The Kier molecular flexibility index (Phi) is 2.65. The summed E-state index contributed by atoms with van der Waals surface area (Å²) in [6.45, 7) is 0. The summed E-state index contributed by atoms with van der Waals surface area (Å²) in [5.74, 6) is -2.03. The minimum atomic E-state index is -0.926. The van der Waals surface area contributed by atoms with Crippen molar-refractivity contribution in [3.8, 4) is 0 Å². The first kappa shape index (κ1) is 10.4. The Morgan fingerprint density at radius 3 is 2.73 bits per heavy atom. The SMILES string of the molecule is O=C(O)C(c1cccc(F)c1Cl)C1CC1. The van der Waals surface area contributed by atoms with Crippen molar-refractivity contribution in [2.75, 3.05) is 0 Å². The van der Waals surface area contributed by atoms with Gasteiger partial charge in [0, 0.05) is 0 Å². The van der Waals surface area contributed by atoms with Crippen molar-refractivity contribution in [2.45, 2.75) is 18.8 Å². The van der Waals surface area contributed by atoms with Gasteiger partial charge in [-0.25, -0.2) is 4.39 Å². The van der Waals surface area contributed by atoms with E-state index >= 15 is 0 Å². The Balaban J connectivity index is 2.41. The maximum absolute atomic E-state index is 13.2. The highest BCUT2D eigenvalue weighted by Crippen LogP contribution is 2.44. The second-order valence-corrected chi connectivity index (χ2v) is 4.17. The van der Waals surface area contributed by atoms with Crippen molar-refractivity contribution in [3.63, 3.8) is 0 Å². The lowest BCUT2D eigenvalue weighted by Crippen LogP contribution is -2.14. The van der Waals surface area contributed by atoms with Crippen molar-refractivity contribution < 1.29 is 14.3 Å². The third-order valence-electron chi connectivity index (χ3n) is 2.68. The molecule has 2 rings (SSSR count). The van der Waals surface area contributed by atoms with E-state index in [1.807, 2.05) is 0 Å². The third-order valence-corrected chi connectivity index (χ3v) is 3.07. The number of carboxylic acid groups (broad SMARTS) is 1. The monoisotopic (exact) mass is 228 g/mol. The lowest BCUT2D eigenvalue weighted by molar-refractivity contribution is -0.139. The minimum absolute atomic E-state index is 0.0585. The van der Waals surface area contributed by atoms with Gasteiger partial charge in [-0.1, -0.05) is 23.7 Å². The second-order valence-electron chi connectivity index (χ2n) is 3.80. The van der Waals surface area contributed by atoms with Crippen LogP contribution in [0.4, 0.5) is 4.39 Å². The molecule has 1 aliphatic rings. The van der Waals surface area contributed by atoms with Crippen LogP contribution in [0.15, 0.2) is 18.2 Å². The Labute approximate surface area is 91.7 Å². The van der Waals surface area contributed by atoms with Crippen LogP contribution in [-0.2, 0) is 4.79 Å². The van der Waals surface area contributed by atoms with Gasteiger partial charge in [-0.05, 0) is 30.4 Å². The highest BCUT2D eigenvalue weighted by atomic mass is 35.5. The van der Waals surface area contributed by atoms with Crippen molar-refractivity contribution in [3.05, 3.63) is 34.6 Å². The molecule has 0 radical (unpaired) electrons. The Morgan fingerprint density at radius 2 is 2.20 bits per heavy atom. The largest absolute Gasteiger partial charge is 0.481 e. The summed E-state index contributed by atoms with van der Waals surface area (Å²) in [4.78, 5) is 11.1. The van der Waals surface area contributed by atoms with Crippen LogP contribution >= 0.6 is 11.6 Å². The number of carbonyl (C=O) groups is 1. The fourth-order valence-corrected chi connectivity index (χ4v) is 2.02. The van der Waals surface area contributed by atoms with Crippen molar-refractivity contribution in [1.82, 2.24) is 0 Å². The molecule has 1 fully saturated rings. The van der Waals surface area contributed by atoms with Gasteiger partial charge in [0.1, 0.15) is 5.82 Å². The van der Waals surface area contributed by atoms with Gasteiger partial charge >= 0.3 is 5.97 Å². The predicted octanol–water partition coefficient (Wildman–Crippen LogP) is 3.06. The maximum atomic E-state index is 13.2. The van der Waals surface area contributed by atoms with Gasteiger partial charge < -0.3 is 5.11 Å². The van der Waals surface area contributed by atoms with E-state index in [4.69, 9.17) is 16.7 Å². The van der Waals surface area contributed by atoms with Crippen LogP contribution in [0.3, 0.4) is 0 Å². The van der Waals surface area contributed by atoms with Crippen LogP contribution in [0.25, 0.3) is 0 Å². The van der Waals surface area contributed by atoms with E-state index in [0.29, 0.717) is 5.56 Å². The molecule has 0 aromatic heterocycles. The number of hydrogen-bond donors (Lipinski definition) is 1. The van der Waals surface area contributed by atoms with Crippen LogP contribution in [-0.4, -0.2) is 11.1 Å². The summed E-state index contributed by atoms with van der Waals surface area (Å²) < 4.78 is 13.2. The molecule has 0 saturated heterocycles. The second kappa shape index (κ2) is 3.81. The van der Waals surface area contributed by atoms with Gasteiger partial charge in [0.2, 0.25) is 0 Å². The average Bonchev–Trinajstić information content (AvgIpc) is 2.96. The zero-order chi connectivity index (χ0) is 11.0. The molecule has 0 bridgehead atoms. The topological polar surface area (TPSA) is 37.3 Å². The normalized spacial score (nSPS) is 17.5. The van der Waals surface area contributed by atoms with Crippen molar-refractivity contribution >= 4 is 17.6 Å². The predicted molar refractivity (Wildman–Crippen MR) is 54.5 cm³/mol. The average molecular weight is 229 g/mol. The zero-order valence-electron chi connectivity index (χ0n) is 7.91. The summed E-state index contributed by atoms with van der Waals surface area (Å²) in [7, 11) is 0. The van der Waals surface area contributed by atoms with Crippen molar-refractivity contribution in [2.24, 2.45) is 5.92 Å². The summed E-state index contributed by atoms with van der Waals surface area (Å²) in [5.41, 5.74) is 0.395. The molecule has 80 valence electrons. The molecule has 0 spiro atoms. The Morgan fingerprint density at radius 1 is 1.53 bits per heavy atom. The highest BCUT2D eigenvalue weighted by Gasteiger charge is 2.38. The van der Waals surface area contributed by atoms with E-state index in [1.54, 1.807) is 6.07 Å². The molecule has 1 aromatic rings. The first-order chi connectivity index (χ1) is 7.11. The maximum Gasteiger partial charge on any atom is 0.311 e. The van der Waals surface area contributed by atoms with Crippen LogP contribution in [0.2, 0.25) is 5.02 Å². The Hall–Kier alpha value is -1.09. The highest BCUT2D eigenvalue weighted by molar-refractivity contribution is 6.31. The van der Waals surface area contributed by atoms with Gasteiger partial charge in [0.15, 0.2) is 0 Å².